The molecule has 222 valence electrons. The third-order valence-electron chi connectivity index (χ3n) is 6.25. The zero-order valence-electron chi connectivity index (χ0n) is 23.1. The van der Waals surface area contributed by atoms with E-state index < -0.39 is 60.2 Å². The number of carbonyl (C=O) groups excluding carboxylic acids is 3. The maximum Gasteiger partial charge on any atom is 0.326 e. The quantitative estimate of drug-likeness (QED) is 0.153. The van der Waals surface area contributed by atoms with Crippen molar-refractivity contribution in [2.45, 2.75) is 70.1 Å². The number of carboxylic acids is 2. The van der Waals surface area contributed by atoms with Crippen LogP contribution in [0.2, 0.25) is 0 Å². The highest BCUT2D eigenvalue weighted by Crippen LogP contribution is 2.13. The highest BCUT2D eigenvalue weighted by molar-refractivity contribution is 5.94. The van der Waals surface area contributed by atoms with Gasteiger partial charge in [0.25, 0.3) is 0 Å². The van der Waals surface area contributed by atoms with Crippen molar-refractivity contribution in [1.82, 2.24) is 16.0 Å². The summed E-state index contributed by atoms with van der Waals surface area (Å²) in [6, 6.07) is 10.1. The summed E-state index contributed by atoms with van der Waals surface area (Å²) in [4.78, 5) is 62.3. The Labute approximate surface area is 238 Å². The minimum atomic E-state index is -1.32. The van der Waals surface area contributed by atoms with Crippen molar-refractivity contribution >= 4 is 29.7 Å². The molecular formula is C29H38N4O8. The summed E-state index contributed by atoms with van der Waals surface area (Å²) in [7, 11) is 0. The van der Waals surface area contributed by atoms with Crippen LogP contribution >= 0.6 is 0 Å². The van der Waals surface area contributed by atoms with E-state index in [-0.39, 0.29) is 37.4 Å². The predicted molar refractivity (Wildman–Crippen MR) is 150 cm³/mol. The molecule has 2 aromatic rings. The summed E-state index contributed by atoms with van der Waals surface area (Å²) < 4.78 is 0. The Hall–Kier alpha value is -4.45. The third kappa shape index (κ3) is 11.7. The Kier molecular flexibility index (Phi) is 12.8. The molecule has 0 spiro atoms. The van der Waals surface area contributed by atoms with E-state index >= 15 is 0 Å². The Balaban J connectivity index is 2.15. The lowest BCUT2D eigenvalue weighted by atomic mass is 10.0. The van der Waals surface area contributed by atoms with Crippen LogP contribution in [-0.2, 0) is 36.8 Å². The minimum absolute atomic E-state index is 0.00920. The van der Waals surface area contributed by atoms with Crippen LogP contribution < -0.4 is 21.7 Å². The topological polar surface area (TPSA) is 208 Å². The lowest BCUT2D eigenvalue weighted by Gasteiger charge is -2.26. The second-order valence-corrected chi connectivity index (χ2v) is 10.3. The number of rotatable bonds is 16. The highest BCUT2D eigenvalue weighted by Gasteiger charge is 2.31. The smallest absolute Gasteiger partial charge is 0.326 e. The first kappa shape index (κ1) is 32.8. The van der Waals surface area contributed by atoms with Crippen molar-refractivity contribution in [3.8, 4) is 5.75 Å². The molecule has 12 heteroatoms. The number of hydrogen-bond donors (Lipinski definition) is 7. The monoisotopic (exact) mass is 570 g/mol. The van der Waals surface area contributed by atoms with Gasteiger partial charge in [0.15, 0.2) is 0 Å². The molecule has 0 aliphatic rings. The van der Waals surface area contributed by atoms with Gasteiger partial charge in [-0.15, -0.1) is 0 Å². The standard InChI is InChI=1S/C29H38N4O8/c1-17(2)14-23(28(39)33-24(29(40)41)16-19-8-10-20(34)11-9-19)32-27(38)22(12-13-25(35)36)31-26(37)21(30)15-18-6-4-3-5-7-18/h3-11,17,21-24,34H,12-16,30H2,1-2H3,(H,31,37)(H,32,38)(H,33,39)(H,35,36)(H,40,41). The van der Waals surface area contributed by atoms with Gasteiger partial charge in [0.05, 0.1) is 6.04 Å². The van der Waals surface area contributed by atoms with Crippen LogP contribution in [0.1, 0.15) is 44.2 Å². The van der Waals surface area contributed by atoms with Crippen molar-refractivity contribution in [1.29, 1.82) is 0 Å². The van der Waals surface area contributed by atoms with Gasteiger partial charge in [-0.1, -0.05) is 56.3 Å². The number of phenols is 1. The first-order chi connectivity index (χ1) is 19.3. The van der Waals surface area contributed by atoms with Gasteiger partial charge in [-0.3, -0.25) is 19.2 Å². The van der Waals surface area contributed by atoms with E-state index in [1.54, 1.807) is 24.3 Å². The van der Waals surface area contributed by atoms with Crippen molar-refractivity contribution < 1.29 is 39.3 Å². The molecule has 0 bridgehead atoms. The zero-order valence-corrected chi connectivity index (χ0v) is 23.1. The SMILES string of the molecule is CC(C)CC(NC(=O)C(CCC(=O)O)NC(=O)C(N)Cc1ccccc1)C(=O)NC(Cc1ccc(O)cc1)C(=O)O. The second kappa shape index (κ2) is 16.0. The molecule has 0 aliphatic carbocycles. The average molecular weight is 571 g/mol. The molecule has 0 saturated heterocycles. The van der Waals surface area contributed by atoms with Gasteiger partial charge >= 0.3 is 11.9 Å². The molecule has 0 aliphatic heterocycles. The molecule has 12 nitrogen and oxygen atoms in total. The van der Waals surface area contributed by atoms with Crippen LogP contribution in [0.3, 0.4) is 0 Å². The van der Waals surface area contributed by atoms with Crippen molar-refractivity contribution in [3.63, 3.8) is 0 Å². The zero-order chi connectivity index (χ0) is 30.5. The van der Waals surface area contributed by atoms with Crippen LogP contribution in [0.25, 0.3) is 0 Å². The predicted octanol–water partition coefficient (Wildman–Crippen LogP) is 0.955. The van der Waals surface area contributed by atoms with Crippen LogP contribution in [0.4, 0.5) is 0 Å². The average Bonchev–Trinajstić information content (AvgIpc) is 2.91. The van der Waals surface area contributed by atoms with E-state index in [2.05, 4.69) is 16.0 Å². The summed E-state index contributed by atoms with van der Waals surface area (Å²) in [6.07, 6.45) is -0.410. The number of hydrogen-bond acceptors (Lipinski definition) is 7. The number of carboxylic acid groups (broad SMARTS) is 2. The van der Waals surface area contributed by atoms with Crippen molar-refractivity contribution in [2.24, 2.45) is 11.7 Å². The lowest BCUT2D eigenvalue weighted by Crippen LogP contribution is -2.57. The number of carbonyl (C=O) groups is 5. The fourth-order valence-electron chi connectivity index (χ4n) is 4.09. The maximum atomic E-state index is 13.2. The van der Waals surface area contributed by atoms with Gasteiger partial charge in [0.1, 0.15) is 23.9 Å². The number of aliphatic carboxylic acids is 2. The molecule has 0 aromatic heterocycles. The first-order valence-electron chi connectivity index (χ1n) is 13.3. The van der Waals surface area contributed by atoms with Gasteiger partial charge in [-0.05, 0) is 48.4 Å². The molecular weight excluding hydrogens is 532 g/mol. The van der Waals surface area contributed by atoms with Gasteiger partial charge in [0, 0.05) is 12.8 Å². The fraction of sp³-hybridized carbons (Fsp3) is 0.414. The molecule has 0 heterocycles. The summed E-state index contributed by atoms with van der Waals surface area (Å²) in [5, 5.41) is 35.8. The maximum absolute atomic E-state index is 13.2. The molecule has 2 rings (SSSR count). The molecule has 0 fully saturated rings. The van der Waals surface area contributed by atoms with Crippen molar-refractivity contribution in [3.05, 3.63) is 65.7 Å². The van der Waals surface area contributed by atoms with Gasteiger partial charge < -0.3 is 37.0 Å². The van der Waals surface area contributed by atoms with E-state index in [1.807, 2.05) is 19.9 Å². The Morgan fingerprint density at radius 2 is 1.27 bits per heavy atom. The third-order valence-corrected chi connectivity index (χ3v) is 6.25. The van der Waals surface area contributed by atoms with Crippen LogP contribution in [-0.4, -0.2) is 69.1 Å². The highest BCUT2D eigenvalue weighted by atomic mass is 16.4. The second-order valence-electron chi connectivity index (χ2n) is 10.3. The summed E-state index contributed by atoms with van der Waals surface area (Å²) in [6.45, 7) is 3.62. The minimum Gasteiger partial charge on any atom is -0.508 e. The number of nitrogens with one attached hydrogen (secondary N) is 3. The number of benzene rings is 2. The molecule has 41 heavy (non-hydrogen) atoms. The Morgan fingerprint density at radius 3 is 1.83 bits per heavy atom. The summed E-state index contributed by atoms with van der Waals surface area (Å²) in [5.41, 5.74) is 7.39. The van der Waals surface area contributed by atoms with Gasteiger partial charge in [0.2, 0.25) is 17.7 Å². The van der Waals surface area contributed by atoms with E-state index in [9.17, 15) is 34.2 Å². The first-order valence-corrected chi connectivity index (χ1v) is 13.3. The molecule has 4 atom stereocenters. The number of nitrogens with two attached hydrogens (primary N) is 1. The molecule has 0 radical (unpaired) electrons. The molecule has 0 saturated carbocycles. The van der Waals surface area contributed by atoms with Crippen LogP contribution in [0.5, 0.6) is 5.75 Å². The van der Waals surface area contributed by atoms with Gasteiger partial charge in [-0.25, -0.2) is 4.79 Å². The van der Waals surface area contributed by atoms with E-state index in [0.717, 1.165) is 5.56 Å². The van der Waals surface area contributed by atoms with Gasteiger partial charge in [-0.2, -0.15) is 0 Å². The molecule has 3 amide bonds. The molecule has 4 unspecified atom stereocenters. The van der Waals surface area contributed by atoms with Crippen molar-refractivity contribution in [2.75, 3.05) is 0 Å². The van der Waals surface area contributed by atoms with E-state index in [0.29, 0.717) is 5.56 Å². The van der Waals surface area contributed by atoms with E-state index in [4.69, 9.17) is 10.8 Å². The number of aromatic hydroxyl groups is 1. The van der Waals surface area contributed by atoms with E-state index in [1.165, 1.54) is 24.3 Å². The fourth-order valence-corrected chi connectivity index (χ4v) is 4.09. The van der Waals surface area contributed by atoms with Crippen LogP contribution in [0.15, 0.2) is 54.6 Å². The molecule has 8 N–H and O–H groups in total. The summed E-state index contributed by atoms with van der Waals surface area (Å²) >= 11 is 0. The number of phenolic OH excluding ortho intramolecular Hbond substituents is 1. The lowest BCUT2D eigenvalue weighted by molar-refractivity contribution is -0.142. The largest absolute Gasteiger partial charge is 0.508 e. The summed E-state index contributed by atoms with van der Waals surface area (Å²) in [5.74, 6) is -4.75. The normalized spacial score (nSPS) is 13.9. The Morgan fingerprint density at radius 1 is 0.732 bits per heavy atom. The molecule has 2 aromatic carbocycles. The Bertz CT molecular complexity index is 1190. The van der Waals surface area contributed by atoms with Crippen LogP contribution in [0, 0.1) is 5.92 Å². The number of amides is 3.